The molecule has 0 fully saturated rings. The molecule has 0 heterocycles. The Morgan fingerprint density at radius 3 is 2.67 bits per heavy atom. The summed E-state index contributed by atoms with van der Waals surface area (Å²) in [6.45, 7) is 0.360. The number of nitrogens with zero attached hydrogens (tertiary/aromatic N) is 1. The van der Waals surface area contributed by atoms with Gasteiger partial charge >= 0.3 is 5.97 Å². The van der Waals surface area contributed by atoms with Gasteiger partial charge in [-0.2, -0.15) is 0 Å². The minimum absolute atomic E-state index is 0.0848. The molecule has 0 spiro atoms. The fourth-order valence-corrected chi connectivity index (χ4v) is 2.01. The molecule has 0 aliphatic heterocycles. The molecular weight excluding hydrogens is 296 g/mol. The first-order valence-electron chi connectivity index (χ1n) is 5.97. The Kier molecular flexibility index (Phi) is 4.39. The first kappa shape index (κ1) is 14.8. The number of carbonyl (C=O) groups is 1. The summed E-state index contributed by atoms with van der Waals surface area (Å²) in [6.07, 6.45) is 0. The van der Waals surface area contributed by atoms with Gasteiger partial charge in [-0.1, -0.05) is 23.7 Å². The van der Waals surface area contributed by atoms with E-state index in [1.807, 2.05) is 0 Å². The van der Waals surface area contributed by atoms with Crippen LogP contribution in [0, 0.1) is 10.1 Å². The van der Waals surface area contributed by atoms with E-state index in [9.17, 15) is 14.9 Å². The molecule has 108 valence electrons. The third-order valence-electron chi connectivity index (χ3n) is 2.82. The summed E-state index contributed by atoms with van der Waals surface area (Å²) in [5.41, 5.74) is 1.43. The predicted molar refractivity (Wildman–Crippen MR) is 78.8 cm³/mol. The number of hydrogen-bond donors (Lipinski definition) is 2. The summed E-state index contributed by atoms with van der Waals surface area (Å²) in [4.78, 5) is 21.0. The molecule has 2 rings (SSSR count). The van der Waals surface area contributed by atoms with E-state index in [2.05, 4.69) is 5.32 Å². The number of halogens is 1. The Morgan fingerprint density at radius 1 is 1.29 bits per heavy atom. The Bertz CT molecular complexity index is 703. The molecule has 7 heteroatoms. The van der Waals surface area contributed by atoms with Crippen molar-refractivity contribution in [3.63, 3.8) is 0 Å². The maximum Gasteiger partial charge on any atom is 0.335 e. The Balaban J connectivity index is 2.11. The van der Waals surface area contributed by atoms with Crippen LogP contribution >= 0.6 is 11.6 Å². The van der Waals surface area contributed by atoms with Crippen molar-refractivity contribution in [1.82, 2.24) is 0 Å². The lowest BCUT2D eigenvalue weighted by Gasteiger charge is -2.09. The summed E-state index contributed by atoms with van der Waals surface area (Å²) in [5, 5.41) is 22.8. The van der Waals surface area contributed by atoms with Crippen LogP contribution in [0.5, 0.6) is 0 Å². The van der Waals surface area contributed by atoms with Crippen molar-refractivity contribution in [2.45, 2.75) is 6.54 Å². The average molecular weight is 307 g/mol. The molecule has 2 aromatic rings. The number of benzene rings is 2. The van der Waals surface area contributed by atoms with E-state index >= 15 is 0 Å². The highest BCUT2D eigenvalue weighted by Crippen LogP contribution is 2.27. The summed E-state index contributed by atoms with van der Waals surface area (Å²) in [7, 11) is 0. The Hall–Kier alpha value is -2.60. The second kappa shape index (κ2) is 6.23. The second-order valence-electron chi connectivity index (χ2n) is 4.28. The van der Waals surface area contributed by atoms with E-state index in [1.54, 1.807) is 18.2 Å². The van der Waals surface area contributed by atoms with E-state index in [-0.39, 0.29) is 16.3 Å². The number of nitro groups is 1. The van der Waals surface area contributed by atoms with Crippen LogP contribution in [0.4, 0.5) is 11.4 Å². The minimum atomic E-state index is -0.995. The van der Waals surface area contributed by atoms with E-state index in [1.165, 1.54) is 24.3 Å². The highest BCUT2D eigenvalue weighted by molar-refractivity contribution is 6.33. The molecule has 0 aliphatic carbocycles. The van der Waals surface area contributed by atoms with Gasteiger partial charge in [-0.3, -0.25) is 10.1 Å². The first-order valence-corrected chi connectivity index (χ1v) is 6.35. The molecular formula is C14H11ClN2O4. The van der Waals surface area contributed by atoms with Crippen molar-refractivity contribution in [2.24, 2.45) is 0 Å². The number of non-ortho nitro benzene ring substituents is 1. The van der Waals surface area contributed by atoms with Crippen LogP contribution in [0.3, 0.4) is 0 Å². The van der Waals surface area contributed by atoms with Gasteiger partial charge in [0.2, 0.25) is 0 Å². The fraction of sp³-hybridized carbons (Fsp3) is 0.0714. The van der Waals surface area contributed by atoms with Crippen molar-refractivity contribution >= 4 is 28.9 Å². The van der Waals surface area contributed by atoms with Gasteiger partial charge in [-0.05, 0) is 23.8 Å². The van der Waals surface area contributed by atoms with E-state index in [0.717, 1.165) is 5.56 Å². The number of nitrogens with one attached hydrogen (secondary N) is 1. The van der Waals surface area contributed by atoms with Crippen LogP contribution in [0.2, 0.25) is 5.02 Å². The van der Waals surface area contributed by atoms with Crippen LogP contribution < -0.4 is 5.32 Å². The maximum absolute atomic E-state index is 10.9. The third-order valence-corrected chi connectivity index (χ3v) is 3.13. The third kappa shape index (κ3) is 3.70. The molecule has 0 aromatic heterocycles. The van der Waals surface area contributed by atoms with Crippen LogP contribution in [-0.4, -0.2) is 16.0 Å². The molecule has 0 bridgehead atoms. The van der Waals surface area contributed by atoms with Gasteiger partial charge in [0.1, 0.15) is 0 Å². The van der Waals surface area contributed by atoms with Gasteiger partial charge in [0, 0.05) is 18.7 Å². The smallest absolute Gasteiger partial charge is 0.335 e. The summed E-state index contributed by atoms with van der Waals surface area (Å²) in [6, 6.07) is 10.6. The molecule has 0 aliphatic rings. The number of nitro benzene ring substituents is 1. The average Bonchev–Trinajstić information content (AvgIpc) is 2.46. The molecule has 2 aromatic carbocycles. The van der Waals surface area contributed by atoms with Crippen molar-refractivity contribution in [2.75, 3.05) is 5.32 Å². The van der Waals surface area contributed by atoms with Crippen LogP contribution in [-0.2, 0) is 6.54 Å². The van der Waals surface area contributed by atoms with Crippen molar-refractivity contribution in [3.8, 4) is 0 Å². The van der Waals surface area contributed by atoms with Crippen LogP contribution in [0.15, 0.2) is 42.5 Å². The van der Waals surface area contributed by atoms with Gasteiger partial charge in [0.25, 0.3) is 5.69 Å². The normalized spacial score (nSPS) is 10.1. The highest BCUT2D eigenvalue weighted by Gasteiger charge is 2.09. The molecule has 0 radical (unpaired) electrons. The maximum atomic E-state index is 10.9. The van der Waals surface area contributed by atoms with Crippen molar-refractivity contribution in [3.05, 3.63) is 68.7 Å². The SMILES string of the molecule is O=C(O)c1cccc(CNc2ccc([N+](=O)[O-])cc2Cl)c1. The zero-order valence-corrected chi connectivity index (χ0v) is 11.5. The lowest BCUT2D eigenvalue weighted by atomic mass is 10.1. The molecule has 0 amide bonds. The Morgan fingerprint density at radius 2 is 2.05 bits per heavy atom. The molecule has 0 saturated carbocycles. The van der Waals surface area contributed by atoms with Crippen LogP contribution in [0.25, 0.3) is 0 Å². The second-order valence-corrected chi connectivity index (χ2v) is 4.69. The standard InChI is InChI=1S/C14H11ClN2O4/c15-12-7-11(17(20)21)4-5-13(12)16-8-9-2-1-3-10(6-9)14(18)19/h1-7,16H,8H2,(H,18,19). The zero-order chi connectivity index (χ0) is 15.4. The summed E-state index contributed by atoms with van der Waals surface area (Å²) in [5.74, 6) is -0.995. The largest absolute Gasteiger partial charge is 0.478 e. The lowest BCUT2D eigenvalue weighted by molar-refractivity contribution is -0.384. The Labute approximate surface area is 125 Å². The van der Waals surface area contributed by atoms with E-state index in [4.69, 9.17) is 16.7 Å². The summed E-state index contributed by atoms with van der Waals surface area (Å²) >= 11 is 5.96. The summed E-state index contributed by atoms with van der Waals surface area (Å²) < 4.78 is 0. The molecule has 0 saturated heterocycles. The number of anilines is 1. The van der Waals surface area contributed by atoms with E-state index < -0.39 is 10.9 Å². The zero-order valence-electron chi connectivity index (χ0n) is 10.7. The number of rotatable bonds is 5. The van der Waals surface area contributed by atoms with Crippen molar-refractivity contribution in [1.29, 1.82) is 0 Å². The lowest BCUT2D eigenvalue weighted by Crippen LogP contribution is -2.03. The molecule has 21 heavy (non-hydrogen) atoms. The molecule has 2 N–H and O–H groups in total. The first-order chi connectivity index (χ1) is 9.97. The van der Waals surface area contributed by atoms with Gasteiger partial charge in [0.05, 0.1) is 21.2 Å². The van der Waals surface area contributed by atoms with Crippen molar-refractivity contribution < 1.29 is 14.8 Å². The van der Waals surface area contributed by atoms with Gasteiger partial charge < -0.3 is 10.4 Å². The fourth-order valence-electron chi connectivity index (χ4n) is 1.77. The topological polar surface area (TPSA) is 92.5 Å². The predicted octanol–water partition coefficient (Wildman–Crippen LogP) is 3.56. The molecule has 0 atom stereocenters. The quantitative estimate of drug-likeness (QED) is 0.651. The van der Waals surface area contributed by atoms with Gasteiger partial charge in [-0.15, -0.1) is 0 Å². The number of carboxylic acids is 1. The number of carboxylic acid groups (broad SMARTS) is 1. The van der Waals surface area contributed by atoms with Crippen LogP contribution in [0.1, 0.15) is 15.9 Å². The highest BCUT2D eigenvalue weighted by atomic mass is 35.5. The monoisotopic (exact) mass is 306 g/mol. The molecule has 6 nitrogen and oxygen atoms in total. The van der Waals surface area contributed by atoms with Gasteiger partial charge in [-0.25, -0.2) is 4.79 Å². The van der Waals surface area contributed by atoms with Gasteiger partial charge in [0.15, 0.2) is 0 Å². The number of aromatic carboxylic acids is 1. The molecule has 0 unspecified atom stereocenters. The number of hydrogen-bond acceptors (Lipinski definition) is 4. The van der Waals surface area contributed by atoms with E-state index in [0.29, 0.717) is 12.2 Å². The minimum Gasteiger partial charge on any atom is -0.478 e.